The normalized spacial score (nSPS) is 10.1. The molecule has 0 saturated carbocycles. The van der Waals surface area contributed by atoms with Gasteiger partial charge in [0.2, 0.25) is 5.91 Å². The van der Waals surface area contributed by atoms with E-state index in [-0.39, 0.29) is 25.4 Å². The van der Waals surface area contributed by atoms with Gasteiger partial charge in [-0.3, -0.25) is 14.4 Å². The molecule has 2 N–H and O–H groups in total. The summed E-state index contributed by atoms with van der Waals surface area (Å²) in [6.07, 6.45) is 0.646. The third-order valence-electron chi connectivity index (χ3n) is 3.99. The van der Waals surface area contributed by atoms with Gasteiger partial charge in [-0.2, -0.15) is 0 Å². The van der Waals surface area contributed by atoms with Crippen molar-refractivity contribution in [3.8, 4) is 0 Å². The van der Waals surface area contributed by atoms with Crippen LogP contribution in [-0.4, -0.2) is 24.4 Å². The largest absolute Gasteiger partial charge is 0.456 e. The first-order valence-electron chi connectivity index (χ1n) is 8.82. The number of amides is 2. The minimum absolute atomic E-state index is 0.0822. The average Bonchev–Trinajstić information content (AvgIpc) is 2.64. The lowest BCUT2D eigenvalue weighted by molar-refractivity contribution is -0.147. The Morgan fingerprint density at radius 1 is 0.778 bits per heavy atom. The van der Waals surface area contributed by atoms with Crippen LogP contribution in [0.3, 0.4) is 0 Å². The molecular weight excluding hydrogens is 344 g/mol. The molecule has 0 aliphatic carbocycles. The number of rotatable bonds is 8. The molecule has 0 aliphatic heterocycles. The summed E-state index contributed by atoms with van der Waals surface area (Å²) in [7, 11) is 0. The Hall–Kier alpha value is -3.15. The second-order valence-corrected chi connectivity index (χ2v) is 6.24. The molecule has 0 bridgehead atoms. The van der Waals surface area contributed by atoms with E-state index in [1.165, 1.54) is 0 Å². The van der Waals surface area contributed by atoms with E-state index in [0.717, 1.165) is 16.8 Å². The van der Waals surface area contributed by atoms with Crippen molar-refractivity contribution in [3.63, 3.8) is 0 Å². The smallest absolute Gasteiger partial charge is 0.306 e. The first-order valence-corrected chi connectivity index (χ1v) is 8.82. The molecule has 2 amide bonds. The van der Waals surface area contributed by atoms with Crippen molar-refractivity contribution in [2.24, 2.45) is 0 Å². The number of para-hydroxylation sites is 2. The van der Waals surface area contributed by atoms with Crippen LogP contribution in [0.25, 0.3) is 0 Å². The molecule has 6 nitrogen and oxygen atoms in total. The van der Waals surface area contributed by atoms with Gasteiger partial charge < -0.3 is 15.4 Å². The summed E-state index contributed by atoms with van der Waals surface area (Å²) in [5, 5.41) is 5.50. The van der Waals surface area contributed by atoms with Crippen LogP contribution in [0.4, 0.5) is 11.4 Å². The summed E-state index contributed by atoms with van der Waals surface area (Å²) in [4.78, 5) is 35.5. The average molecular weight is 368 g/mol. The number of nitrogens with one attached hydrogen (secondary N) is 2. The van der Waals surface area contributed by atoms with Crippen molar-refractivity contribution >= 4 is 29.2 Å². The number of carbonyl (C=O) groups excluding carboxylic acids is 3. The third-order valence-corrected chi connectivity index (χ3v) is 3.99. The Morgan fingerprint density at radius 3 is 1.85 bits per heavy atom. The van der Waals surface area contributed by atoms with Gasteiger partial charge in [-0.25, -0.2) is 0 Å². The van der Waals surface area contributed by atoms with Gasteiger partial charge in [-0.15, -0.1) is 0 Å². The number of anilines is 2. The monoisotopic (exact) mass is 368 g/mol. The van der Waals surface area contributed by atoms with Crippen LogP contribution in [0, 0.1) is 13.8 Å². The molecule has 0 saturated heterocycles. The maximum Gasteiger partial charge on any atom is 0.306 e. The Morgan fingerprint density at radius 2 is 1.30 bits per heavy atom. The summed E-state index contributed by atoms with van der Waals surface area (Å²) in [6.45, 7) is 3.45. The van der Waals surface area contributed by atoms with Crippen molar-refractivity contribution in [2.75, 3.05) is 17.2 Å². The lowest BCUT2D eigenvalue weighted by Crippen LogP contribution is -2.21. The minimum atomic E-state index is -0.501. The second kappa shape index (κ2) is 10.1. The Bertz CT molecular complexity index is 817. The molecule has 0 spiro atoms. The molecule has 6 heteroatoms. The molecule has 2 rings (SSSR count). The van der Waals surface area contributed by atoms with Crippen molar-refractivity contribution < 1.29 is 19.1 Å². The summed E-state index contributed by atoms with van der Waals surface area (Å²) in [5.41, 5.74) is 3.35. The fourth-order valence-electron chi connectivity index (χ4n) is 2.44. The first kappa shape index (κ1) is 20.2. The van der Waals surface area contributed by atoms with Crippen LogP contribution in [0.15, 0.2) is 48.5 Å². The number of carbonyl (C=O) groups is 3. The number of hydrogen-bond donors (Lipinski definition) is 2. The molecule has 0 unspecified atom stereocenters. The first-order chi connectivity index (χ1) is 13.0. The van der Waals surface area contributed by atoms with Crippen molar-refractivity contribution in [2.45, 2.75) is 33.1 Å². The standard InChI is InChI=1S/C21H24N2O4/c1-15-8-3-5-10-17(15)22-19(24)12-7-13-21(26)27-14-20(25)23-18-11-6-4-9-16(18)2/h3-6,8-11H,7,12-14H2,1-2H3,(H,22,24)(H,23,25). The van der Waals surface area contributed by atoms with Crippen molar-refractivity contribution in [1.82, 2.24) is 0 Å². The zero-order valence-electron chi connectivity index (χ0n) is 15.6. The molecule has 2 aromatic rings. The maximum atomic E-state index is 11.9. The van der Waals surface area contributed by atoms with Gasteiger partial charge in [0.15, 0.2) is 6.61 Å². The van der Waals surface area contributed by atoms with Gasteiger partial charge in [0, 0.05) is 24.2 Å². The van der Waals surface area contributed by atoms with Gasteiger partial charge in [0.25, 0.3) is 5.91 Å². The summed E-state index contributed by atoms with van der Waals surface area (Å²) < 4.78 is 4.95. The molecule has 0 aromatic heterocycles. The Labute approximate surface area is 158 Å². The van der Waals surface area contributed by atoms with Crippen LogP contribution in [0.2, 0.25) is 0 Å². The molecule has 0 radical (unpaired) electrons. The number of aryl methyl sites for hydroxylation is 2. The zero-order valence-corrected chi connectivity index (χ0v) is 15.6. The van der Waals surface area contributed by atoms with E-state index < -0.39 is 11.9 Å². The Balaban J connectivity index is 1.64. The SMILES string of the molecule is Cc1ccccc1NC(=O)CCCC(=O)OCC(=O)Nc1ccccc1C. The molecule has 0 fully saturated rings. The number of ether oxygens (including phenoxy) is 1. The van der Waals surface area contributed by atoms with Gasteiger partial charge in [-0.05, 0) is 43.5 Å². The molecule has 0 heterocycles. The minimum Gasteiger partial charge on any atom is -0.456 e. The Kier molecular flexibility index (Phi) is 7.55. The summed E-state index contributed by atoms with van der Waals surface area (Å²) in [6, 6.07) is 14.8. The van der Waals surface area contributed by atoms with Gasteiger partial charge >= 0.3 is 5.97 Å². The van der Waals surface area contributed by atoms with Gasteiger partial charge in [0.1, 0.15) is 0 Å². The van der Waals surface area contributed by atoms with Crippen LogP contribution in [0.1, 0.15) is 30.4 Å². The third kappa shape index (κ3) is 6.93. The second-order valence-electron chi connectivity index (χ2n) is 6.24. The zero-order chi connectivity index (χ0) is 19.6. The highest BCUT2D eigenvalue weighted by Gasteiger charge is 2.10. The molecule has 0 atom stereocenters. The van der Waals surface area contributed by atoms with Crippen LogP contribution >= 0.6 is 0 Å². The number of esters is 1. The predicted molar refractivity (Wildman–Crippen MR) is 104 cm³/mol. The van der Waals surface area contributed by atoms with E-state index in [4.69, 9.17) is 4.74 Å². The highest BCUT2D eigenvalue weighted by Crippen LogP contribution is 2.14. The van der Waals surface area contributed by atoms with E-state index in [1.807, 2.05) is 56.3 Å². The predicted octanol–water partition coefficient (Wildman–Crippen LogP) is 3.59. The van der Waals surface area contributed by atoms with Crippen LogP contribution in [0.5, 0.6) is 0 Å². The molecule has 2 aromatic carbocycles. The van der Waals surface area contributed by atoms with E-state index in [0.29, 0.717) is 12.1 Å². The van der Waals surface area contributed by atoms with Crippen molar-refractivity contribution in [3.05, 3.63) is 59.7 Å². The van der Waals surface area contributed by atoms with E-state index in [2.05, 4.69) is 10.6 Å². The molecule has 0 aliphatic rings. The topological polar surface area (TPSA) is 84.5 Å². The lowest BCUT2D eigenvalue weighted by Gasteiger charge is -2.09. The van der Waals surface area contributed by atoms with E-state index in [9.17, 15) is 14.4 Å². The highest BCUT2D eigenvalue weighted by atomic mass is 16.5. The molecule has 27 heavy (non-hydrogen) atoms. The van der Waals surface area contributed by atoms with Crippen molar-refractivity contribution in [1.29, 1.82) is 0 Å². The van der Waals surface area contributed by atoms with E-state index >= 15 is 0 Å². The fraction of sp³-hybridized carbons (Fsp3) is 0.286. The fourth-order valence-corrected chi connectivity index (χ4v) is 2.44. The lowest BCUT2D eigenvalue weighted by atomic mass is 10.2. The molecular formula is C21H24N2O4. The summed E-state index contributed by atoms with van der Waals surface area (Å²) in [5.74, 6) is -1.05. The molecule has 142 valence electrons. The maximum absolute atomic E-state index is 11.9. The number of benzene rings is 2. The summed E-state index contributed by atoms with van der Waals surface area (Å²) >= 11 is 0. The van der Waals surface area contributed by atoms with Crippen LogP contribution in [-0.2, 0) is 19.1 Å². The quantitative estimate of drug-likeness (QED) is 0.697. The van der Waals surface area contributed by atoms with E-state index in [1.54, 1.807) is 6.07 Å². The highest BCUT2D eigenvalue weighted by molar-refractivity contribution is 5.93. The van der Waals surface area contributed by atoms with Gasteiger partial charge in [0.05, 0.1) is 0 Å². The number of hydrogen-bond acceptors (Lipinski definition) is 4. The van der Waals surface area contributed by atoms with Gasteiger partial charge in [-0.1, -0.05) is 36.4 Å². The van der Waals surface area contributed by atoms with Crippen LogP contribution < -0.4 is 10.6 Å².